The topological polar surface area (TPSA) is 62.9 Å². The van der Waals surface area contributed by atoms with Crippen LogP contribution >= 0.6 is 0 Å². The van der Waals surface area contributed by atoms with Crippen LogP contribution in [0.5, 0.6) is 5.75 Å². The summed E-state index contributed by atoms with van der Waals surface area (Å²) in [5.74, 6) is 0.618. The van der Waals surface area contributed by atoms with Crippen LogP contribution in [0.1, 0.15) is 13.3 Å². The molecular weight excluding hydrogens is 250 g/mol. The van der Waals surface area contributed by atoms with Crippen molar-refractivity contribution in [3.63, 3.8) is 0 Å². The Morgan fingerprint density at radius 1 is 1.11 bits per heavy atom. The summed E-state index contributed by atoms with van der Waals surface area (Å²) in [7, 11) is 1.88. The SMILES string of the molecule is CCC(Oc1ccccc1N)[Si](OC)(OC)OC. The number of benzene rings is 1. The van der Waals surface area contributed by atoms with Gasteiger partial charge < -0.3 is 23.7 Å². The summed E-state index contributed by atoms with van der Waals surface area (Å²) in [5, 5.41) is 0. The van der Waals surface area contributed by atoms with Crippen LogP contribution in [-0.2, 0) is 13.3 Å². The average Bonchev–Trinajstić information content (AvgIpc) is 2.42. The Hall–Kier alpha value is -1.08. The van der Waals surface area contributed by atoms with E-state index in [2.05, 4.69) is 0 Å². The fraction of sp³-hybridized carbons (Fsp3) is 0.500. The Balaban J connectivity index is 2.94. The molecule has 0 fully saturated rings. The normalized spacial score (nSPS) is 13.3. The predicted molar refractivity (Wildman–Crippen MR) is 72.3 cm³/mol. The van der Waals surface area contributed by atoms with Gasteiger partial charge in [0, 0.05) is 21.3 Å². The Morgan fingerprint density at radius 2 is 1.67 bits per heavy atom. The maximum Gasteiger partial charge on any atom is 0.543 e. The highest BCUT2D eigenvalue weighted by Gasteiger charge is 2.48. The first-order chi connectivity index (χ1) is 8.63. The highest BCUT2D eigenvalue weighted by atomic mass is 28.4. The quantitative estimate of drug-likeness (QED) is 0.605. The molecule has 0 spiro atoms. The fourth-order valence-corrected chi connectivity index (χ4v) is 3.85. The first kappa shape index (κ1) is 15.0. The Labute approximate surface area is 109 Å². The van der Waals surface area contributed by atoms with Crippen molar-refractivity contribution in [3.05, 3.63) is 24.3 Å². The maximum atomic E-state index is 5.89. The summed E-state index contributed by atoms with van der Waals surface area (Å²) in [4.78, 5) is 0. The second-order valence-electron chi connectivity index (χ2n) is 3.77. The molecule has 0 aliphatic rings. The zero-order valence-corrected chi connectivity index (χ0v) is 12.3. The first-order valence-corrected chi connectivity index (χ1v) is 7.60. The number of para-hydroxylation sites is 2. The van der Waals surface area contributed by atoms with Crippen LogP contribution in [0.15, 0.2) is 24.3 Å². The summed E-state index contributed by atoms with van der Waals surface area (Å²) in [5.41, 5.74) is 6.15. The molecule has 0 saturated carbocycles. The van der Waals surface area contributed by atoms with Gasteiger partial charge >= 0.3 is 8.80 Å². The molecule has 0 radical (unpaired) electrons. The van der Waals surface area contributed by atoms with Gasteiger partial charge in [-0.25, -0.2) is 0 Å². The van der Waals surface area contributed by atoms with Crippen molar-refractivity contribution in [2.45, 2.75) is 19.1 Å². The van der Waals surface area contributed by atoms with Crippen LogP contribution in [-0.4, -0.2) is 35.9 Å². The highest BCUT2D eigenvalue weighted by Crippen LogP contribution is 2.26. The maximum absolute atomic E-state index is 5.89. The third-order valence-electron chi connectivity index (χ3n) is 2.81. The number of hydrogen-bond donors (Lipinski definition) is 1. The van der Waals surface area contributed by atoms with Gasteiger partial charge in [0.1, 0.15) is 5.75 Å². The van der Waals surface area contributed by atoms with Gasteiger partial charge in [0.2, 0.25) is 0 Å². The molecule has 1 aromatic rings. The van der Waals surface area contributed by atoms with Gasteiger partial charge in [-0.1, -0.05) is 19.1 Å². The number of anilines is 1. The van der Waals surface area contributed by atoms with E-state index < -0.39 is 8.80 Å². The molecule has 1 rings (SSSR count). The number of hydrogen-bond acceptors (Lipinski definition) is 5. The lowest BCUT2D eigenvalue weighted by molar-refractivity contribution is 0.0669. The molecule has 0 aliphatic carbocycles. The third kappa shape index (κ3) is 3.02. The molecule has 6 heteroatoms. The van der Waals surface area contributed by atoms with Crippen molar-refractivity contribution in [1.82, 2.24) is 0 Å². The van der Waals surface area contributed by atoms with E-state index in [1.165, 1.54) is 0 Å². The molecule has 102 valence electrons. The van der Waals surface area contributed by atoms with Gasteiger partial charge in [-0.3, -0.25) is 0 Å². The summed E-state index contributed by atoms with van der Waals surface area (Å²) in [6, 6.07) is 7.33. The van der Waals surface area contributed by atoms with Gasteiger partial charge in [-0.2, -0.15) is 0 Å². The summed E-state index contributed by atoms with van der Waals surface area (Å²) < 4.78 is 22.2. The van der Waals surface area contributed by atoms with E-state index in [0.29, 0.717) is 17.9 Å². The minimum Gasteiger partial charge on any atom is -0.484 e. The standard InChI is InChI=1S/C12H21NO4Si/c1-5-12(18(14-2,15-3)16-4)17-11-9-7-6-8-10(11)13/h6-9,12H,5,13H2,1-4H3. The monoisotopic (exact) mass is 271 g/mol. The molecule has 0 aromatic heterocycles. The lowest BCUT2D eigenvalue weighted by Crippen LogP contribution is -2.56. The molecule has 1 atom stereocenters. The Kier molecular flexibility index (Phi) is 5.61. The van der Waals surface area contributed by atoms with Crippen molar-refractivity contribution < 1.29 is 18.0 Å². The fourth-order valence-electron chi connectivity index (χ4n) is 1.79. The average molecular weight is 271 g/mol. The van der Waals surface area contributed by atoms with Gasteiger partial charge in [-0.15, -0.1) is 0 Å². The van der Waals surface area contributed by atoms with E-state index in [1.807, 2.05) is 25.1 Å². The molecule has 0 aliphatic heterocycles. The highest BCUT2D eigenvalue weighted by molar-refractivity contribution is 6.62. The van der Waals surface area contributed by atoms with E-state index in [-0.39, 0.29) is 5.73 Å². The molecular formula is C12H21NO4Si. The molecule has 0 amide bonds. The molecule has 1 aromatic carbocycles. The number of nitrogens with two attached hydrogens (primary N) is 1. The minimum atomic E-state index is -2.83. The summed E-state index contributed by atoms with van der Waals surface area (Å²) in [6.07, 6.45) is 0.704. The zero-order valence-electron chi connectivity index (χ0n) is 11.3. The van der Waals surface area contributed by atoms with E-state index in [0.717, 1.165) is 0 Å². The molecule has 2 N–H and O–H groups in total. The lowest BCUT2D eigenvalue weighted by atomic mass is 10.3. The Morgan fingerprint density at radius 3 is 2.11 bits per heavy atom. The third-order valence-corrected chi connectivity index (χ3v) is 5.83. The zero-order chi connectivity index (χ0) is 13.6. The molecule has 0 heterocycles. The smallest absolute Gasteiger partial charge is 0.484 e. The van der Waals surface area contributed by atoms with Crippen LogP contribution in [0.3, 0.4) is 0 Å². The van der Waals surface area contributed by atoms with Crippen LogP contribution in [0.4, 0.5) is 5.69 Å². The first-order valence-electron chi connectivity index (χ1n) is 5.80. The second kappa shape index (κ2) is 6.74. The van der Waals surface area contributed by atoms with Crippen molar-refractivity contribution in [1.29, 1.82) is 0 Å². The largest absolute Gasteiger partial charge is 0.543 e. The van der Waals surface area contributed by atoms with Crippen LogP contribution in [0.25, 0.3) is 0 Å². The van der Waals surface area contributed by atoms with Gasteiger partial charge in [0.15, 0.2) is 5.73 Å². The molecule has 5 nitrogen and oxygen atoms in total. The van der Waals surface area contributed by atoms with E-state index >= 15 is 0 Å². The lowest BCUT2D eigenvalue weighted by Gasteiger charge is -2.32. The summed E-state index contributed by atoms with van der Waals surface area (Å²) in [6.45, 7) is 1.99. The van der Waals surface area contributed by atoms with Gasteiger partial charge in [0.05, 0.1) is 5.69 Å². The van der Waals surface area contributed by atoms with Crippen molar-refractivity contribution in [2.75, 3.05) is 27.1 Å². The number of ether oxygens (including phenoxy) is 1. The van der Waals surface area contributed by atoms with Crippen LogP contribution in [0, 0.1) is 0 Å². The number of rotatable bonds is 7. The minimum absolute atomic E-state index is 0.290. The molecule has 1 unspecified atom stereocenters. The van der Waals surface area contributed by atoms with E-state index in [4.69, 9.17) is 23.7 Å². The molecule has 18 heavy (non-hydrogen) atoms. The van der Waals surface area contributed by atoms with E-state index in [9.17, 15) is 0 Å². The van der Waals surface area contributed by atoms with Gasteiger partial charge in [0.25, 0.3) is 0 Å². The van der Waals surface area contributed by atoms with Crippen molar-refractivity contribution in [2.24, 2.45) is 0 Å². The van der Waals surface area contributed by atoms with Crippen LogP contribution < -0.4 is 10.5 Å². The Bertz CT molecular complexity index is 363. The second-order valence-corrected chi connectivity index (χ2v) is 6.84. The predicted octanol–water partition coefficient (Wildman–Crippen LogP) is 1.84. The molecule has 0 saturated heterocycles. The van der Waals surface area contributed by atoms with Gasteiger partial charge in [-0.05, 0) is 18.6 Å². The summed E-state index contributed by atoms with van der Waals surface area (Å²) >= 11 is 0. The number of nitrogen functional groups attached to an aromatic ring is 1. The molecule has 0 bridgehead atoms. The van der Waals surface area contributed by atoms with Crippen molar-refractivity contribution >= 4 is 14.5 Å². The van der Waals surface area contributed by atoms with Crippen molar-refractivity contribution in [3.8, 4) is 5.75 Å². The van der Waals surface area contributed by atoms with E-state index in [1.54, 1.807) is 27.4 Å². The van der Waals surface area contributed by atoms with Crippen LogP contribution in [0.2, 0.25) is 0 Å².